The number of hydrogen-bond donors (Lipinski definition) is 1. The zero-order chi connectivity index (χ0) is 16.7. The highest BCUT2D eigenvalue weighted by Gasteiger charge is 2.32. The Morgan fingerprint density at radius 1 is 1.08 bits per heavy atom. The Kier molecular flexibility index (Phi) is 4.24. The molecule has 3 aromatic rings. The van der Waals surface area contributed by atoms with E-state index in [4.69, 9.17) is 23.2 Å². The average molecular weight is 424 g/mol. The third-order valence-electron chi connectivity index (χ3n) is 4.24. The van der Waals surface area contributed by atoms with Crippen LogP contribution in [0.2, 0.25) is 10.0 Å². The van der Waals surface area contributed by atoms with Crippen molar-refractivity contribution in [3.05, 3.63) is 74.4 Å². The van der Waals surface area contributed by atoms with Crippen LogP contribution in [0.25, 0.3) is 0 Å². The summed E-state index contributed by atoms with van der Waals surface area (Å²) in [6, 6.07) is 13.9. The molecule has 0 spiro atoms. The molecule has 0 amide bonds. The van der Waals surface area contributed by atoms with Crippen LogP contribution in [0.4, 0.5) is 5.95 Å². The molecule has 0 saturated heterocycles. The van der Waals surface area contributed by atoms with Crippen LogP contribution in [0.15, 0.2) is 53.3 Å². The largest absolute Gasteiger partial charge is 0.348 e. The molecule has 1 aromatic heterocycles. The fraction of sp³-hybridized carbons (Fsp3) is 0.176. The molecular formula is C17H13BrCl2N4. The highest BCUT2D eigenvalue weighted by Crippen LogP contribution is 2.42. The van der Waals surface area contributed by atoms with Gasteiger partial charge in [-0.2, -0.15) is 10.1 Å². The van der Waals surface area contributed by atoms with Crippen molar-refractivity contribution in [3.8, 4) is 0 Å². The number of nitrogens with zero attached hydrogens (tertiary/aromatic N) is 3. The first-order chi connectivity index (χ1) is 11.6. The molecule has 1 N–H and O–H groups in total. The monoisotopic (exact) mass is 422 g/mol. The lowest BCUT2D eigenvalue weighted by atomic mass is 9.93. The lowest BCUT2D eigenvalue weighted by Crippen LogP contribution is -2.28. The maximum atomic E-state index is 6.44. The summed E-state index contributed by atoms with van der Waals surface area (Å²) >= 11 is 16.4. The van der Waals surface area contributed by atoms with E-state index in [0.29, 0.717) is 10.0 Å². The number of anilines is 1. The Labute approximate surface area is 157 Å². The van der Waals surface area contributed by atoms with E-state index in [9.17, 15) is 0 Å². The molecule has 4 rings (SSSR count). The second kappa shape index (κ2) is 6.39. The molecule has 0 saturated carbocycles. The van der Waals surface area contributed by atoms with Gasteiger partial charge < -0.3 is 5.32 Å². The van der Waals surface area contributed by atoms with E-state index >= 15 is 0 Å². The summed E-state index contributed by atoms with van der Waals surface area (Å²) in [5, 5.41) is 9.08. The highest BCUT2D eigenvalue weighted by atomic mass is 79.9. The van der Waals surface area contributed by atoms with Crippen molar-refractivity contribution in [1.82, 2.24) is 14.8 Å². The molecule has 4 nitrogen and oxygen atoms in total. The minimum absolute atomic E-state index is 0.0707. The van der Waals surface area contributed by atoms with Gasteiger partial charge in [0.25, 0.3) is 0 Å². The Bertz CT molecular complexity index is 858. The molecule has 0 unspecified atom stereocenters. The minimum atomic E-state index is -0.0707. The maximum Gasteiger partial charge on any atom is 0.222 e. The zero-order valence-electron chi connectivity index (χ0n) is 12.5. The standard InChI is InChI=1S/C17H13BrCl2N4/c18-11-6-4-10(5-7-11)14-8-15(24-17(23-14)21-9-22-24)16-12(19)2-1-3-13(16)20/h1-7,9,14-15H,8H2,(H,21,22,23)/t14-,15+/m1/s1. The van der Waals surface area contributed by atoms with Gasteiger partial charge in [-0.3, -0.25) is 0 Å². The van der Waals surface area contributed by atoms with Crippen LogP contribution in [-0.4, -0.2) is 14.8 Å². The molecular weight excluding hydrogens is 411 g/mol. The molecule has 24 heavy (non-hydrogen) atoms. The summed E-state index contributed by atoms with van der Waals surface area (Å²) in [5.41, 5.74) is 2.07. The number of halogens is 3. The molecule has 0 fully saturated rings. The predicted molar refractivity (Wildman–Crippen MR) is 99.7 cm³/mol. The van der Waals surface area contributed by atoms with Gasteiger partial charge in [-0.15, -0.1) is 0 Å². The van der Waals surface area contributed by atoms with Crippen LogP contribution in [0.1, 0.15) is 29.6 Å². The number of benzene rings is 2. The van der Waals surface area contributed by atoms with E-state index < -0.39 is 0 Å². The first-order valence-electron chi connectivity index (χ1n) is 7.49. The lowest BCUT2D eigenvalue weighted by Gasteiger charge is -2.32. The molecule has 1 aliphatic rings. The smallest absolute Gasteiger partial charge is 0.222 e. The lowest BCUT2D eigenvalue weighted by molar-refractivity contribution is 0.431. The van der Waals surface area contributed by atoms with Crippen molar-refractivity contribution in [2.45, 2.75) is 18.5 Å². The Balaban J connectivity index is 1.78. The molecule has 0 radical (unpaired) electrons. The van der Waals surface area contributed by atoms with Gasteiger partial charge in [0.1, 0.15) is 6.33 Å². The second-order valence-electron chi connectivity index (χ2n) is 5.66. The van der Waals surface area contributed by atoms with Crippen LogP contribution in [0.5, 0.6) is 0 Å². The van der Waals surface area contributed by atoms with Crippen LogP contribution in [0.3, 0.4) is 0 Å². The normalized spacial score (nSPS) is 19.6. The van der Waals surface area contributed by atoms with Crippen molar-refractivity contribution in [2.24, 2.45) is 0 Å². The van der Waals surface area contributed by atoms with Crippen molar-refractivity contribution in [3.63, 3.8) is 0 Å². The SMILES string of the molecule is Clc1cccc(Cl)c1[C@@H]1C[C@H](c2ccc(Br)cc2)Nc2ncnn21. The Morgan fingerprint density at radius 3 is 2.50 bits per heavy atom. The zero-order valence-corrected chi connectivity index (χ0v) is 15.6. The molecule has 0 aliphatic carbocycles. The number of nitrogens with one attached hydrogen (secondary N) is 1. The van der Waals surface area contributed by atoms with Crippen LogP contribution >= 0.6 is 39.1 Å². The number of aromatic nitrogens is 3. The van der Waals surface area contributed by atoms with E-state index in [2.05, 4.69) is 43.5 Å². The van der Waals surface area contributed by atoms with Gasteiger partial charge in [0, 0.05) is 20.1 Å². The van der Waals surface area contributed by atoms with Crippen molar-refractivity contribution >= 4 is 45.1 Å². The number of rotatable bonds is 2. The summed E-state index contributed by atoms with van der Waals surface area (Å²) in [7, 11) is 0. The second-order valence-corrected chi connectivity index (χ2v) is 7.39. The topological polar surface area (TPSA) is 42.7 Å². The fourth-order valence-electron chi connectivity index (χ4n) is 3.10. The maximum absolute atomic E-state index is 6.44. The third-order valence-corrected chi connectivity index (χ3v) is 5.42. The van der Waals surface area contributed by atoms with Crippen LogP contribution < -0.4 is 5.32 Å². The van der Waals surface area contributed by atoms with E-state index in [1.54, 1.807) is 6.33 Å². The van der Waals surface area contributed by atoms with Gasteiger partial charge in [0.05, 0.1) is 12.1 Å². The van der Waals surface area contributed by atoms with Crippen molar-refractivity contribution < 1.29 is 0 Å². The van der Waals surface area contributed by atoms with Gasteiger partial charge in [-0.25, -0.2) is 4.68 Å². The molecule has 7 heteroatoms. The first-order valence-corrected chi connectivity index (χ1v) is 9.04. The predicted octanol–water partition coefficient (Wildman–Crippen LogP) is 5.49. The molecule has 122 valence electrons. The van der Waals surface area contributed by atoms with E-state index in [-0.39, 0.29) is 12.1 Å². The van der Waals surface area contributed by atoms with Gasteiger partial charge in [-0.05, 0) is 36.2 Å². The van der Waals surface area contributed by atoms with Gasteiger partial charge >= 0.3 is 0 Å². The Hall–Kier alpha value is -1.56. The summed E-state index contributed by atoms with van der Waals surface area (Å²) in [5.74, 6) is 0.718. The first kappa shape index (κ1) is 15.9. The summed E-state index contributed by atoms with van der Waals surface area (Å²) in [6.07, 6.45) is 2.32. The van der Waals surface area contributed by atoms with Crippen molar-refractivity contribution in [2.75, 3.05) is 5.32 Å². The van der Waals surface area contributed by atoms with Crippen LogP contribution in [-0.2, 0) is 0 Å². The fourth-order valence-corrected chi connectivity index (χ4v) is 4.02. The van der Waals surface area contributed by atoms with Gasteiger partial charge in [0.15, 0.2) is 0 Å². The quantitative estimate of drug-likeness (QED) is 0.592. The van der Waals surface area contributed by atoms with Crippen LogP contribution in [0, 0.1) is 0 Å². The molecule has 2 heterocycles. The molecule has 2 atom stereocenters. The van der Waals surface area contributed by atoms with Gasteiger partial charge in [-0.1, -0.05) is 57.3 Å². The molecule has 1 aliphatic heterocycles. The number of hydrogen-bond acceptors (Lipinski definition) is 3. The number of fused-ring (bicyclic) bond motifs is 1. The molecule has 2 aromatic carbocycles. The van der Waals surface area contributed by atoms with E-state index in [1.165, 1.54) is 5.56 Å². The van der Waals surface area contributed by atoms with E-state index in [0.717, 1.165) is 22.4 Å². The average Bonchev–Trinajstić information content (AvgIpc) is 3.04. The van der Waals surface area contributed by atoms with Gasteiger partial charge in [0.2, 0.25) is 5.95 Å². The summed E-state index contributed by atoms with van der Waals surface area (Å²) in [6.45, 7) is 0. The summed E-state index contributed by atoms with van der Waals surface area (Å²) in [4.78, 5) is 4.33. The highest BCUT2D eigenvalue weighted by molar-refractivity contribution is 9.10. The third kappa shape index (κ3) is 2.81. The Morgan fingerprint density at radius 2 is 1.79 bits per heavy atom. The summed E-state index contributed by atoms with van der Waals surface area (Å²) < 4.78 is 2.90. The van der Waals surface area contributed by atoms with Crippen molar-refractivity contribution in [1.29, 1.82) is 0 Å². The van der Waals surface area contributed by atoms with E-state index in [1.807, 2.05) is 35.0 Å². The minimum Gasteiger partial charge on any atom is -0.348 e. The molecule has 0 bridgehead atoms.